The molecule has 1 amide bonds. The lowest BCUT2D eigenvalue weighted by Crippen LogP contribution is -2.49. The van der Waals surface area contributed by atoms with E-state index in [0.717, 1.165) is 37.5 Å². The van der Waals surface area contributed by atoms with E-state index in [1.807, 2.05) is 41.4 Å². The number of amides is 1. The largest absolute Gasteiger partial charge is 0.497 e. The number of benzene rings is 1. The fourth-order valence-electron chi connectivity index (χ4n) is 3.26. The molecular formula is C20H25N3O2. The van der Waals surface area contributed by atoms with Crippen LogP contribution in [-0.2, 0) is 11.2 Å². The molecule has 25 heavy (non-hydrogen) atoms. The van der Waals surface area contributed by atoms with Crippen molar-refractivity contribution in [3.05, 3.63) is 59.9 Å². The summed E-state index contributed by atoms with van der Waals surface area (Å²) in [5.74, 6) is 0.974. The number of nitrogens with zero attached hydrogens (tertiary/aromatic N) is 3. The normalized spacial score (nSPS) is 16.5. The number of methoxy groups -OCH3 is 1. The minimum Gasteiger partial charge on any atom is -0.497 e. The van der Waals surface area contributed by atoms with E-state index in [9.17, 15) is 4.79 Å². The molecule has 1 aliphatic heterocycles. The van der Waals surface area contributed by atoms with Crippen LogP contribution in [0.2, 0.25) is 0 Å². The summed E-state index contributed by atoms with van der Waals surface area (Å²) in [5, 5.41) is 0. The molecule has 0 spiro atoms. The molecule has 3 rings (SSSR count). The summed E-state index contributed by atoms with van der Waals surface area (Å²) < 4.78 is 5.23. The molecule has 1 aliphatic rings. The van der Waals surface area contributed by atoms with E-state index >= 15 is 0 Å². The average molecular weight is 339 g/mol. The van der Waals surface area contributed by atoms with E-state index in [0.29, 0.717) is 12.5 Å². The van der Waals surface area contributed by atoms with Crippen molar-refractivity contribution in [2.24, 2.45) is 0 Å². The molecule has 1 fully saturated rings. The third-order valence-electron chi connectivity index (χ3n) is 4.87. The second-order valence-corrected chi connectivity index (χ2v) is 6.41. The van der Waals surface area contributed by atoms with E-state index in [-0.39, 0.29) is 5.91 Å². The van der Waals surface area contributed by atoms with Crippen LogP contribution in [0.1, 0.15) is 24.1 Å². The van der Waals surface area contributed by atoms with Gasteiger partial charge in [0.2, 0.25) is 5.91 Å². The summed E-state index contributed by atoms with van der Waals surface area (Å²) in [6, 6.07) is 12.1. The number of pyridine rings is 1. The summed E-state index contributed by atoms with van der Waals surface area (Å²) in [6.45, 7) is 5.52. The maximum absolute atomic E-state index is 12.6. The van der Waals surface area contributed by atoms with Gasteiger partial charge < -0.3 is 9.64 Å². The predicted molar refractivity (Wildman–Crippen MR) is 97.5 cm³/mol. The molecule has 132 valence electrons. The van der Waals surface area contributed by atoms with E-state index < -0.39 is 0 Å². The molecule has 1 aromatic heterocycles. The number of carbonyl (C=O) groups is 1. The molecule has 0 aliphatic carbocycles. The lowest BCUT2D eigenvalue weighted by atomic mass is 10.1. The molecule has 0 N–H and O–H groups in total. The summed E-state index contributed by atoms with van der Waals surface area (Å²) in [6.07, 6.45) is 4.14. The van der Waals surface area contributed by atoms with Crippen molar-refractivity contribution >= 4 is 5.91 Å². The van der Waals surface area contributed by atoms with Crippen LogP contribution >= 0.6 is 0 Å². The zero-order chi connectivity index (χ0) is 17.6. The van der Waals surface area contributed by atoms with Gasteiger partial charge in [-0.05, 0) is 36.2 Å². The standard InChI is InChI=1S/C20H25N3O2/c1-16(18-6-4-8-21-15-18)22-9-11-23(12-10-22)20(24)14-17-5-3-7-19(13-17)25-2/h3-8,13,15-16H,9-12,14H2,1-2H3/t16-/m0/s1. The second kappa shape index (κ2) is 8.12. The minimum absolute atomic E-state index is 0.182. The third kappa shape index (κ3) is 4.37. The van der Waals surface area contributed by atoms with E-state index in [4.69, 9.17) is 4.74 Å². The first-order valence-corrected chi connectivity index (χ1v) is 8.72. The van der Waals surface area contributed by atoms with Crippen molar-refractivity contribution in [2.45, 2.75) is 19.4 Å². The van der Waals surface area contributed by atoms with Crippen LogP contribution in [0.15, 0.2) is 48.8 Å². The summed E-state index contributed by atoms with van der Waals surface area (Å²) >= 11 is 0. The van der Waals surface area contributed by atoms with E-state index in [2.05, 4.69) is 22.9 Å². The first-order valence-electron chi connectivity index (χ1n) is 8.72. The number of rotatable bonds is 5. The molecule has 0 bridgehead atoms. The first-order chi connectivity index (χ1) is 12.2. The van der Waals surface area contributed by atoms with Gasteiger partial charge in [0.05, 0.1) is 13.5 Å². The Morgan fingerprint density at radius 1 is 1.20 bits per heavy atom. The molecule has 0 saturated carbocycles. The summed E-state index contributed by atoms with van der Waals surface area (Å²) in [5.41, 5.74) is 2.22. The van der Waals surface area contributed by atoms with Crippen molar-refractivity contribution in [2.75, 3.05) is 33.3 Å². The molecule has 1 atom stereocenters. The lowest BCUT2D eigenvalue weighted by molar-refractivity contribution is -0.132. The van der Waals surface area contributed by atoms with Gasteiger partial charge in [-0.3, -0.25) is 14.7 Å². The number of ether oxygens (including phenoxy) is 1. The van der Waals surface area contributed by atoms with Crippen molar-refractivity contribution in [3.63, 3.8) is 0 Å². The van der Waals surface area contributed by atoms with Gasteiger partial charge in [-0.1, -0.05) is 18.2 Å². The Labute approximate surface area is 149 Å². The van der Waals surface area contributed by atoms with Crippen LogP contribution in [0.4, 0.5) is 0 Å². The van der Waals surface area contributed by atoms with E-state index in [1.165, 1.54) is 5.56 Å². The zero-order valence-electron chi connectivity index (χ0n) is 14.9. The molecule has 1 saturated heterocycles. The maximum atomic E-state index is 12.6. The topological polar surface area (TPSA) is 45.7 Å². The number of piperazine rings is 1. The molecular weight excluding hydrogens is 314 g/mol. The van der Waals surface area contributed by atoms with Crippen LogP contribution in [0.25, 0.3) is 0 Å². The van der Waals surface area contributed by atoms with Gasteiger partial charge in [0.15, 0.2) is 0 Å². The Balaban J connectivity index is 1.54. The molecule has 2 heterocycles. The number of carbonyl (C=O) groups excluding carboxylic acids is 1. The van der Waals surface area contributed by atoms with Gasteiger partial charge in [-0.25, -0.2) is 0 Å². The Bertz CT molecular complexity index is 697. The molecule has 5 nitrogen and oxygen atoms in total. The summed E-state index contributed by atoms with van der Waals surface area (Å²) in [4.78, 5) is 21.1. The van der Waals surface area contributed by atoms with Crippen LogP contribution < -0.4 is 4.74 Å². The highest BCUT2D eigenvalue weighted by Crippen LogP contribution is 2.21. The SMILES string of the molecule is COc1cccc(CC(=O)N2CCN([C@@H](C)c3cccnc3)CC2)c1. The van der Waals surface area contributed by atoms with Gasteiger partial charge in [0, 0.05) is 44.6 Å². The highest BCUT2D eigenvalue weighted by Gasteiger charge is 2.24. The van der Waals surface area contributed by atoms with Crippen LogP contribution in [-0.4, -0.2) is 54.0 Å². The maximum Gasteiger partial charge on any atom is 0.227 e. The Morgan fingerprint density at radius 3 is 2.68 bits per heavy atom. The van der Waals surface area contributed by atoms with Gasteiger partial charge in [0.25, 0.3) is 0 Å². The zero-order valence-corrected chi connectivity index (χ0v) is 14.9. The molecule has 1 aromatic carbocycles. The molecule has 0 radical (unpaired) electrons. The lowest BCUT2D eigenvalue weighted by Gasteiger charge is -2.38. The van der Waals surface area contributed by atoms with Crippen LogP contribution in [0, 0.1) is 0 Å². The Hall–Kier alpha value is -2.40. The van der Waals surface area contributed by atoms with Crippen molar-refractivity contribution in [1.29, 1.82) is 0 Å². The highest BCUT2D eigenvalue weighted by atomic mass is 16.5. The van der Waals surface area contributed by atoms with Crippen LogP contribution in [0.5, 0.6) is 5.75 Å². The third-order valence-corrected chi connectivity index (χ3v) is 4.87. The van der Waals surface area contributed by atoms with E-state index in [1.54, 1.807) is 13.3 Å². The Morgan fingerprint density at radius 2 is 2.00 bits per heavy atom. The fraction of sp³-hybridized carbons (Fsp3) is 0.400. The fourth-order valence-corrected chi connectivity index (χ4v) is 3.26. The predicted octanol–water partition coefficient (Wildman–Crippen LogP) is 2.54. The highest BCUT2D eigenvalue weighted by molar-refractivity contribution is 5.79. The van der Waals surface area contributed by atoms with Gasteiger partial charge in [-0.15, -0.1) is 0 Å². The van der Waals surface area contributed by atoms with Crippen molar-refractivity contribution in [1.82, 2.24) is 14.8 Å². The number of hydrogen-bond donors (Lipinski definition) is 0. The first kappa shape index (κ1) is 17.4. The number of aromatic nitrogens is 1. The van der Waals surface area contributed by atoms with Crippen molar-refractivity contribution in [3.8, 4) is 5.75 Å². The van der Waals surface area contributed by atoms with Gasteiger partial charge in [-0.2, -0.15) is 0 Å². The second-order valence-electron chi connectivity index (χ2n) is 6.41. The molecule has 2 aromatic rings. The quantitative estimate of drug-likeness (QED) is 0.840. The smallest absolute Gasteiger partial charge is 0.227 e. The molecule has 0 unspecified atom stereocenters. The minimum atomic E-state index is 0.182. The van der Waals surface area contributed by atoms with Crippen LogP contribution in [0.3, 0.4) is 0 Å². The van der Waals surface area contributed by atoms with Gasteiger partial charge >= 0.3 is 0 Å². The number of hydrogen-bond acceptors (Lipinski definition) is 4. The molecule has 5 heteroatoms. The van der Waals surface area contributed by atoms with Gasteiger partial charge in [0.1, 0.15) is 5.75 Å². The van der Waals surface area contributed by atoms with Crippen molar-refractivity contribution < 1.29 is 9.53 Å². The average Bonchev–Trinajstić information content (AvgIpc) is 2.68. The monoisotopic (exact) mass is 339 g/mol. The Kier molecular flexibility index (Phi) is 5.66. The summed E-state index contributed by atoms with van der Waals surface area (Å²) in [7, 11) is 1.64.